The summed E-state index contributed by atoms with van der Waals surface area (Å²) in [6.07, 6.45) is 3.70. The molecule has 2 aromatic carbocycles. The van der Waals surface area contributed by atoms with Gasteiger partial charge in [-0.3, -0.25) is 5.10 Å². The molecule has 0 unspecified atom stereocenters. The quantitative estimate of drug-likeness (QED) is 0.757. The molecule has 0 spiro atoms. The summed E-state index contributed by atoms with van der Waals surface area (Å²) in [7, 11) is 0. The van der Waals surface area contributed by atoms with Crippen LogP contribution in [0.1, 0.15) is 16.7 Å². The minimum atomic E-state index is 0.702. The maximum Gasteiger partial charge on any atom is 0.0998 e. The Morgan fingerprint density at radius 2 is 1.77 bits per heavy atom. The van der Waals surface area contributed by atoms with Crippen LogP contribution in [0.2, 0.25) is 0 Å². The van der Waals surface area contributed by atoms with Gasteiger partial charge in [0, 0.05) is 24.8 Å². The highest BCUT2D eigenvalue weighted by atomic mass is 15.1. The maximum absolute atomic E-state index is 9.17. The van der Waals surface area contributed by atoms with E-state index in [1.54, 1.807) is 0 Å². The monoisotopic (exact) mass is 288 g/mol. The second-order valence-electron chi connectivity index (χ2n) is 5.06. The fraction of sp³-hybridized carbons (Fsp3) is 0.111. The molecule has 1 heterocycles. The summed E-state index contributed by atoms with van der Waals surface area (Å²) in [6, 6.07) is 18.2. The van der Waals surface area contributed by atoms with E-state index in [2.05, 4.69) is 45.8 Å². The Balaban J connectivity index is 1.66. The van der Waals surface area contributed by atoms with Crippen LogP contribution in [0.4, 0.5) is 0 Å². The maximum atomic E-state index is 9.17. The fourth-order valence-electron chi connectivity index (χ4n) is 2.36. The van der Waals surface area contributed by atoms with Crippen molar-refractivity contribution in [2.45, 2.75) is 13.1 Å². The first-order valence-electron chi connectivity index (χ1n) is 7.13. The SMILES string of the molecule is N#Cc1ccccc1-c1ccc(CNCc2cn[nH]c2)cc1. The molecule has 22 heavy (non-hydrogen) atoms. The number of aromatic nitrogens is 2. The van der Waals surface area contributed by atoms with Crippen molar-refractivity contribution >= 4 is 0 Å². The van der Waals surface area contributed by atoms with Crippen molar-refractivity contribution in [2.24, 2.45) is 0 Å². The zero-order chi connectivity index (χ0) is 15.2. The molecule has 0 fully saturated rings. The lowest BCUT2D eigenvalue weighted by Crippen LogP contribution is -2.12. The van der Waals surface area contributed by atoms with Gasteiger partial charge in [-0.05, 0) is 22.8 Å². The van der Waals surface area contributed by atoms with Gasteiger partial charge in [-0.15, -0.1) is 0 Å². The number of hydrogen-bond acceptors (Lipinski definition) is 3. The van der Waals surface area contributed by atoms with Crippen LogP contribution in [-0.2, 0) is 13.1 Å². The van der Waals surface area contributed by atoms with Gasteiger partial charge in [-0.25, -0.2) is 0 Å². The lowest BCUT2D eigenvalue weighted by atomic mass is 9.99. The molecule has 0 atom stereocenters. The van der Waals surface area contributed by atoms with Crippen LogP contribution in [0.15, 0.2) is 60.9 Å². The Labute approximate surface area is 129 Å². The highest BCUT2D eigenvalue weighted by Gasteiger charge is 2.03. The van der Waals surface area contributed by atoms with Gasteiger partial charge in [-0.2, -0.15) is 10.4 Å². The highest BCUT2D eigenvalue weighted by molar-refractivity contribution is 5.70. The van der Waals surface area contributed by atoms with E-state index in [0.717, 1.165) is 29.8 Å². The largest absolute Gasteiger partial charge is 0.309 e. The number of benzene rings is 2. The van der Waals surface area contributed by atoms with Crippen LogP contribution >= 0.6 is 0 Å². The molecule has 4 heteroatoms. The number of hydrogen-bond donors (Lipinski definition) is 2. The molecular formula is C18H16N4. The Bertz CT molecular complexity index is 768. The Hall–Kier alpha value is -2.90. The van der Waals surface area contributed by atoms with Gasteiger partial charge in [0.15, 0.2) is 0 Å². The molecule has 0 radical (unpaired) electrons. The number of nitrogens with zero attached hydrogens (tertiary/aromatic N) is 2. The molecule has 0 aliphatic heterocycles. The number of nitriles is 1. The van der Waals surface area contributed by atoms with Crippen molar-refractivity contribution in [3.8, 4) is 17.2 Å². The van der Waals surface area contributed by atoms with Crippen LogP contribution in [0, 0.1) is 11.3 Å². The van der Waals surface area contributed by atoms with Crippen molar-refractivity contribution in [2.75, 3.05) is 0 Å². The lowest BCUT2D eigenvalue weighted by Gasteiger charge is -2.07. The van der Waals surface area contributed by atoms with E-state index >= 15 is 0 Å². The van der Waals surface area contributed by atoms with Crippen molar-refractivity contribution < 1.29 is 0 Å². The average Bonchev–Trinajstić information content (AvgIpc) is 3.09. The van der Waals surface area contributed by atoms with E-state index in [-0.39, 0.29) is 0 Å². The summed E-state index contributed by atoms with van der Waals surface area (Å²) in [5, 5.41) is 19.3. The Morgan fingerprint density at radius 3 is 2.50 bits per heavy atom. The zero-order valence-corrected chi connectivity index (χ0v) is 12.1. The smallest absolute Gasteiger partial charge is 0.0998 e. The molecule has 0 bridgehead atoms. The molecule has 3 rings (SSSR count). The zero-order valence-electron chi connectivity index (χ0n) is 12.1. The molecule has 0 aliphatic carbocycles. The van der Waals surface area contributed by atoms with Crippen molar-refractivity contribution in [3.05, 3.63) is 77.6 Å². The molecule has 0 aliphatic rings. The van der Waals surface area contributed by atoms with Gasteiger partial charge in [0.1, 0.15) is 0 Å². The third-order valence-electron chi connectivity index (χ3n) is 3.53. The third kappa shape index (κ3) is 3.22. The third-order valence-corrected chi connectivity index (χ3v) is 3.53. The predicted octanol–water partition coefficient (Wildman–Crippen LogP) is 3.24. The Morgan fingerprint density at radius 1 is 1.00 bits per heavy atom. The summed E-state index contributed by atoms with van der Waals surface area (Å²) in [6.45, 7) is 1.58. The molecular weight excluding hydrogens is 272 g/mol. The Kier molecular flexibility index (Phi) is 4.28. The van der Waals surface area contributed by atoms with E-state index in [1.807, 2.05) is 36.7 Å². The number of H-pyrrole nitrogens is 1. The van der Waals surface area contributed by atoms with Gasteiger partial charge in [0.25, 0.3) is 0 Å². The topological polar surface area (TPSA) is 64.5 Å². The predicted molar refractivity (Wildman–Crippen MR) is 85.7 cm³/mol. The first kappa shape index (κ1) is 14.1. The van der Waals surface area contributed by atoms with Crippen LogP contribution in [0.25, 0.3) is 11.1 Å². The second-order valence-corrected chi connectivity index (χ2v) is 5.06. The van der Waals surface area contributed by atoms with E-state index in [1.165, 1.54) is 5.56 Å². The minimum absolute atomic E-state index is 0.702. The van der Waals surface area contributed by atoms with E-state index < -0.39 is 0 Å². The van der Waals surface area contributed by atoms with E-state index in [9.17, 15) is 5.26 Å². The van der Waals surface area contributed by atoms with E-state index in [0.29, 0.717) is 5.56 Å². The van der Waals surface area contributed by atoms with Gasteiger partial charge in [0.05, 0.1) is 17.8 Å². The molecule has 4 nitrogen and oxygen atoms in total. The first-order chi connectivity index (χ1) is 10.9. The summed E-state index contributed by atoms with van der Waals surface area (Å²) in [4.78, 5) is 0. The fourth-order valence-corrected chi connectivity index (χ4v) is 2.36. The summed E-state index contributed by atoms with van der Waals surface area (Å²) >= 11 is 0. The van der Waals surface area contributed by atoms with Crippen LogP contribution in [0.3, 0.4) is 0 Å². The van der Waals surface area contributed by atoms with Crippen molar-refractivity contribution in [1.29, 1.82) is 5.26 Å². The van der Waals surface area contributed by atoms with Crippen molar-refractivity contribution in [1.82, 2.24) is 15.5 Å². The summed E-state index contributed by atoms with van der Waals surface area (Å²) < 4.78 is 0. The first-order valence-corrected chi connectivity index (χ1v) is 7.13. The van der Waals surface area contributed by atoms with Gasteiger partial charge >= 0.3 is 0 Å². The van der Waals surface area contributed by atoms with Crippen LogP contribution in [0.5, 0.6) is 0 Å². The van der Waals surface area contributed by atoms with Crippen LogP contribution in [-0.4, -0.2) is 10.2 Å². The normalized spacial score (nSPS) is 10.3. The molecule has 1 aromatic heterocycles. The minimum Gasteiger partial charge on any atom is -0.309 e. The second kappa shape index (κ2) is 6.70. The van der Waals surface area contributed by atoms with Gasteiger partial charge in [0.2, 0.25) is 0 Å². The molecule has 0 amide bonds. The average molecular weight is 288 g/mol. The number of rotatable bonds is 5. The number of aromatic amines is 1. The van der Waals surface area contributed by atoms with Gasteiger partial charge in [-0.1, -0.05) is 42.5 Å². The van der Waals surface area contributed by atoms with E-state index in [4.69, 9.17) is 0 Å². The molecule has 2 N–H and O–H groups in total. The molecule has 0 saturated carbocycles. The molecule has 3 aromatic rings. The number of nitrogens with one attached hydrogen (secondary N) is 2. The lowest BCUT2D eigenvalue weighted by molar-refractivity contribution is 0.694. The summed E-state index contributed by atoms with van der Waals surface area (Å²) in [5.74, 6) is 0. The summed E-state index contributed by atoms with van der Waals surface area (Å²) in [5.41, 5.74) is 5.09. The van der Waals surface area contributed by atoms with Crippen LogP contribution < -0.4 is 5.32 Å². The highest BCUT2D eigenvalue weighted by Crippen LogP contribution is 2.23. The van der Waals surface area contributed by atoms with Gasteiger partial charge < -0.3 is 5.32 Å². The molecule has 108 valence electrons. The molecule has 0 saturated heterocycles. The standard InChI is InChI=1S/C18H16N4/c19-9-17-3-1-2-4-18(17)16-7-5-14(6-8-16)10-20-11-15-12-21-22-13-15/h1-8,12-13,20H,10-11H2,(H,21,22). The van der Waals surface area contributed by atoms with Crippen molar-refractivity contribution in [3.63, 3.8) is 0 Å².